The third kappa shape index (κ3) is 3.26. The molecule has 0 bridgehead atoms. The van der Waals surface area contributed by atoms with E-state index in [4.69, 9.17) is 0 Å². The van der Waals surface area contributed by atoms with Crippen molar-refractivity contribution in [3.8, 4) is 11.3 Å². The van der Waals surface area contributed by atoms with E-state index < -0.39 is 17.5 Å². The van der Waals surface area contributed by atoms with Crippen molar-refractivity contribution >= 4 is 12.1 Å². The molecule has 1 amide bonds. The number of nitrogens with zero attached hydrogens (tertiary/aromatic N) is 1. The number of pyridine rings is 1. The van der Waals surface area contributed by atoms with E-state index in [1.165, 1.54) is 0 Å². The van der Waals surface area contributed by atoms with Gasteiger partial charge in [0, 0.05) is 42.2 Å². The second kappa shape index (κ2) is 6.87. The number of benzene rings is 1. The zero-order chi connectivity index (χ0) is 19.1. The van der Waals surface area contributed by atoms with E-state index in [-0.39, 0.29) is 17.4 Å². The van der Waals surface area contributed by atoms with Gasteiger partial charge in [-0.05, 0) is 36.5 Å². The van der Waals surface area contributed by atoms with Crippen LogP contribution in [0.3, 0.4) is 0 Å². The largest absolute Gasteiger partial charge is 0.382 e. The van der Waals surface area contributed by atoms with Crippen molar-refractivity contribution in [1.82, 2.24) is 10.3 Å². The monoisotopic (exact) mass is 375 g/mol. The van der Waals surface area contributed by atoms with Crippen LogP contribution in [-0.2, 0) is 4.79 Å². The number of hydrogen-bond acceptors (Lipinski definition) is 3. The lowest BCUT2D eigenvalue weighted by Gasteiger charge is -2.19. The van der Waals surface area contributed by atoms with Gasteiger partial charge in [-0.1, -0.05) is 6.92 Å². The second-order valence-electron chi connectivity index (χ2n) is 7.36. The maximum absolute atomic E-state index is 14.5. The van der Waals surface area contributed by atoms with Gasteiger partial charge in [-0.25, -0.2) is 13.2 Å². The number of anilines is 1. The van der Waals surface area contributed by atoms with Crippen molar-refractivity contribution in [3.05, 3.63) is 46.9 Å². The first-order valence-electron chi connectivity index (χ1n) is 9.10. The number of rotatable bonds is 6. The Bertz CT molecular complexity index is 899. The molecule has 4 rings (SSSR count). The number of carbonyl (C=O) groups is 1. The molecule has 2 aromatic rings. The van der Waals surface area contributed by atoms with E-state index in [1.54, 1.807) is 0 Å². The van der Waals surface area contributed by atoms with Crippen LogP contribution in [0, 0.1) is 23.4 Å². The van der Waals surface area contributed by atoms with Gasteiger partial charge in [0.25, 0.3) is 0 Å². The lowest BCUT2D eigenvalue weighted by atomic mass is 9.93. The van der Waals surface area contributed by atoms with Gasteiger partial charge >= 0.3 is 0 Å². The minimum absolute atomic E-state index is 0.0143. The highest BCUT2D eigenvalue weighted by Gasteiger charge is 2.35. The standard InChI is InChI=1S/C20H20F3N3O/c1-10-7-25-19-12(10)5-18(14(8-24-9-27)11-2-3-11)26-20(19)13-4-16(22)17(23)6-15(13)21/h4-6,9-11,14,25H,2-3,7-8H2,1H3,(H,24,27). The number of aromatic nitrogens is 1. The molecule has 1 saturated carbocycles. The normalized spacial score (nSPS) is 19.3. The Balaban J connectivity index is 1.86. The summed E-state index contributed by atoms with van der Waals surface area (Å²) >= 11 is 0. The smallest absolute Gasteiger partial charge is 0.207 e. The maximum Gasteiger partial charge on any atom is 0.207 e. The Kier molecular flexibility index (Phi) is 4.53. The molecule has 0 saturated heterocycles. The number of fused-ring (bicyclic) bond motifs is 1. The van der Waals surface area contributed by atoms with Gasteiger partial charge < -0.3 is 10.6 Å². The third-order valence-electron chi connectivity index (χ3n) is 5.44. The number of amides is 1. The summed E-state index contributed by atoms with van der Waals surface area (Å²) in [7, 11) is 0. The molecular formula is C20H20F3N3O. The van der Waals surface area contributed by atoms with Crippen LogP contribution < -0.4 is 10.6 Å². The van der Waals surface area contributed by atoms with E-state index in [1.807, 2.05) is 13.0 Å². The van der Waals surface area contributed by atoms with E-state index in [2.05, 4.69) is 15.6 Å². The SMILES string of the molecule is CC1CNc2c1cc(C(CNC=O)C1CC1)nc2-c1cc(F)c(F)cc1F. The molecule has 1 aromatic heterocycles. The van der Waals surface area contributed by atoms with Crippen molar-refractivity contribution in [2.75, 3.05) is 18.4 Å². The first-order chi connectivity index (χ1) is 13.0. The maximum atomic E-state index is 14.5. The summed E-state index contributed by atoms with van der Waals surface area (Å²) < 4.78 is 41.6. The van der Waals surface area contributed by atoms with E-state index in [0.29, 0.717) is 42.9 Å². The Morgan fingerprint density at radius 1 is 1.22 bits per heavy atom. The fourth-order valence-electron chi connectivity index (χ4n) is 3.80. The van der Waals surface area contributed by atoms with Crippen LogP contribution in [0.2, 0.25) is 0 Å². The number of carbonyl (C=O) groups excluding carboxylic acids is 1. The second-order valence-corrected chi connectivity index (χ2v) is 7.36. The molecule has 2 N–H and O–H groups in total. The summed E-state index contributed by atoms with van der Waals surface area (Å²) in [6.45, 7) is 3.16. The quantitative estimate of drug-likeness (QED) is 0.594. The van der Waals surface area contributed by atoms with E-state index in [0.717, 1.165) is 30.2 Å². The van der Waals surface area contributed by atoms with E-state index >= 15 is 0 Å². The summed E-state index contributed by atoms with van der Waals surface area (Å²) in [4.78, 5) is 15.4. The van der Waals surface area contributed by atoms with Gasteiger partial charge in [0.15, 0.2) is 11.6 Å². The Labute approximate surface area is 155 Å². The van der Waals surface area contributed by atoms with Crippen LogP contribution in [-0.4, -0.2) is 24.5 Å². The molecule has 7 heteroatoms. The third-order valence-corrected chi connectivity index (χ3v) is 5.44. The molecule has 0 radical (unpaired) electrons. The van der Waals surface area contributed by atoms with Crippen molar-refractivity contribution in [2.45, 2.75) is 31.6 Å². The number of hydrogen-bond donors (Lipinski definition) is 2. The zero-order valence-electron chi connectivity index (χ0n) is 14.9. The fourth-order valence-corrected chi connectivity index (χ4v) is 3.80. The van der Waals surface area contributed by atoms with Gasteiger partial charge in [0.2, 0.25) is 6.41 Å². The predicted octanol–water partition coefficient (Wildman–Crippen LogP) is 3.93. The molecule has 142 valence electrons. The van der Waals surface area contributed by atoms with Gasteiger partial charge in [-0.15, -0.1) is 0 Å². The van der Waals surface area contributed by atoms with Crippen molar-refractivity contribution < 1.29 is 18.0 Å². The topological polar surface area (TPSA) is 54.0 Å². The Hall–Kier alpha value is -2.57. The van der Waals surface area contributed by atoms with E-state index in [9.17, 15) is 18.0 Å². The first-order valence-corrected chi connectivity index (χ1v) is 9.10. The Morgan fingerprint density at radius 2 is 1.96 bits per heavy atom. The van der Waals surface area contributed by atoms with Gasteiger partial charge in [0.1, 0.15) is 5.82 Å². The predicted molar refractivity (Wildman–Crippen MR) is 96.0 cm³/mol. The summed E-state index contributed by atoms with van der Waals surface area (Å²) in [6, 6.07) is 3.41. The highest BCUT2D eigenvalue weighted by atomic mass is 19.2. The number of nitrogens with one attached hydrogen (secondary N) is 2. The van der Waals surface area contributed by atoms with Crippen LogP contribution in [0.1, 0.15) is 42.9 Å². The molecule has 1 aliphatic heterocycles. The Morgan fingerprint density at radius 3 is 2.67 bits per heavy atom. The zero-order valence-corrected chi connectivity index (χ0v) is 14.9. The summed E-state index contributed by atoms with van der Waals surface area (Å²) in [6.07, 6.45) is 2.75. The first kappa shape index (κ1) is 17.8. The minimum Gasteiger partial charge on any atom is -0.382 e. The van der Waals surface area contributed by atoms with Gasteiger partial charge in [-0.3, -0.25) is 9.78 Å². The summed E-state index contributed by atoms with van der Waals surface area (Å²) in [5, 5.41) is 5.93. The molecule has 1 fully saturated rings. The molecule has 2 unspecified atom stereocenters. The van der Waals surface area contributed by atoms with Crippen LogP contribution in [0.25, 0.3) is 11.3 Å². The highest BCUT2D eigenvalue weighted by molar-refractivity contribution is 5.80. The molecule has 0 spiro atoms. The molecule has 2 heterocycles. The molecule has 1 aliphatic carbocycles. The molecule has 2 atom stereocenters. The highest BCUT2D eigenvalue weighted by Crippen LogP contribution is 2.45. The lowest BCUT2D eigenvalue weighted by Crippen LogP contribution is -2.22. The van der Waals surface area contributed by atoms with Crippen LogP contribution in [0.4, 0.5) is 18.9 Å². The van der Waals surface area contributed by atoms with Crippen molar-refractivity contribution in [2.24, 2.45) is 5.92 Å². The average molecular weight is 375 g/mol. The van der Waals surface area contributed by atoms with Gasteiger partial charge in [0.05, 0.1) is 11.4 Å². The van der Waals surface area contributed by atoms with Crippen LogP contribution in [0.15, 0.2) is 18.2 Å². The fraction of sp³-hybridized carbons (Fsp3) is 0.400. The molecular weight excluding hydrogens is 355 g/mol. The number of halogens is 3. The lowest BCUT2D eigenvalue weighted by molar-refractivity contribution is -0.109. The summed E-state index contributed by atoms with van der Waals surface area (Å²) in [5.41, 5.74) is 2.62. The average Bonchev–Trinajstić information content (AvgIpc) is 3.41. The molecule has 1 aromatic carbocycles. The molecule has 4 nitrogen and oxygen atoms in total. The minimum atomic E-state index is -1.23. The van der Waals surface area contributed by atoms with Gasteiger partial charge in [-0.2, -0.15) is 0 Å². The van der Waals surface area contributed by atoms with Crippen molar-refractivity contribution in [3.63, 3.8) is 0 Å². The van der Waals surface area contributed by atoms with Crippen LogP contribution >= 0.6 is 0 Å². The summed E-state index contributed by atoms with van der Waals surface area (Å²) in [5.74, 6) is -2.57. The molecule has 27 heavy (non-hydrogen) atoms. The molecule has 2 aliphatic rings. The van der Waals surface area contributed by atoms with Crippen LogP contribution in [0.5, 0.6) is 0 Å². The van der Waals surface area contributed by atoms with Crippen molar-refractivity contribution in [1.29, 1.82) is 0 Å².